The van der Waals surface area contributed by atoms with Gasteiger partial charge in [-0.25, -0.2) is 0 Å². The van der Waals surface area contributed by atoms with E-state index in [1.165, 1.54) is 0 Å². The molecule has 102 valence electrons. The van der Waals surface area contributed by atoms with E-state index < -0.39 is 0 Å². The van der Waals surface area contributed by atoms with Crippen molar-refractivity contribution < 1.29 is 9.53 Å². The van der Waals surface area contributed by atoms with E-state index in [1.807, 2.05) is 24.3 Å². The Labute approximate surface area is 127 Å². The third-order valence-electron chi connectivity index (χ3n) is 2.16. The summed E-state index contributed by atoms with van der Waals surface area (Å²) in [5.41, 5.74) is 0.703. The Balaban J connectivity index is 0.00000289. The first-order valence-electron chi connectivity index (χ1n) is 5.47. The standard InChI is InChI=1S/C12H17IN2O2.ClH/c1-17-8-7-14-5-6-15-12(16)10-3-2-4-11(13)9-10;/h2-4,9,14H,5-8H2,1H3,(H,15,16);1H. The summed E-state index contributed by atoms with van der Waals surface area (Å²) in [5.74, 6) is -0.0305. The first-order valence-corrected chi connectivity index (χ1v) is 6.55. The molecule has 0 aliphatic heterocycles. The highest BCUT2D eigenvalue weighted by molar-refractivity contribution is 14.1. The molecule has 18 heavy (non-hydrogen) atoms. The number of amides is 1. The van der Waals surface area contributed by atoms with Gasteiger partial charge in [0.25, 0.3) is 5.91 Å². The zero-order chi connectivity index (χ0) is 12.5. The van der Waals surface area contributed by atoms with Gasteiger partial charge < -0.3 is 15.4 Å². The molecule has 0 heterocycles. The topological polar surface area (TPSA) is 50.4 Å². The van der Waals surface area contributed by atoms with E-state index in [-0.39, 0.29) is 18.3 Å². The van der Waals surface area contributed by atoms with E-state index in [1.54, 1.807) is 7.11 Å². The molecule has 0 radical (unpaired) electrons. The largest absolute Gasteiger partial charge is 0.383 e. The van der Waals surface area contributed by atoms with Crippen LogP contribution in [0.2, 0.25) is 0 Å². The maximum Gasteiger partial charge on any atom is 0.251 e. The second kappa shape index (κ2) is 10.5. The molecule has 0 bridgehead atoms. The maximum absolute atomic E-state index is 11.7. The number of carbonyl (C=O) groups is 1. The van der Waals surface area contributed by atoms with Crippen LogP contribution >= 0.6 is 35.0 Å². The average Bonchev–Trinajstić information content (AvgIpc) is 2.33. The third kappa shape index (κ3) is 7.15. The lowest BCUT2D eigenvalue weighted by molar-refractivity contribution is 0.0953. The summed E-state index contributed by atoms with van der Waals surface area (Å²) < 4.78 is 5.96. The molecule has 0 atom stereocenters. The van der Waals surface area contributed by atoms with Crippen LogP contribution in [0.15, 0.2) is 24.3 Å². The number of ether oxygens (including phenoxy) is 1. The van der Waals surface area contributed by atoms with Crippen molar-refractivity contribution in [1.29, 1.82) is 0 Å². The van der Waals surface area contributed by atoms with E-state index in [4.69, 9.17) is 4.74 Å². The molecule has 2 N–H and O–H groups in total. The lowest BCUT2D eigenvalue weighted by Crippen LogP contribution is -2.33. The normalized spacial score (nSPS) is 9.67. The molecule has 1 rings (SSSR count). The third-order valence-corrected chi connectivity index (χ3v) is 2.83. The van der Waals surface area contributed by atoms with Gasteiger partial charge in [-0.15, -0.1) is 12.4 Å². The van der Waals surface area contributed by atoms with Crippen molar-refractivity contribution in [3.05, 3.63) is 33.4 Å². The van der Waals surface area contributed by atoms with Crippen molar-refractivity contribution in [2.75, 3.05) is 33.4 Å². The van der Waals surface area contributed by atoms with Gasteiger partial charge in [-0.3, -0.25) is 4.79 Å². The van der Waals surface area contributed by atoms with Gasteiger partial charge in [-0.05, 0) is 40.8 Å². The number of rotatable bonds is 7. The lowest BCUT2D eigenvalue weighted by atomic mass is 10.2. The Morgan fingerprint density at radius 1 is 1.33 bits per heavy atom. The van der Waals surface area contributed by atoms with Crippen LogP contribution < -0.4 is 10.6 Å². The highest BCUT2D eigenvalue weighted by atomic mass is 127. The fraction of sp³-hybridized carbons (Fsp3) is 0.417. The molecule has 0 unspecified atom stereocenters. The van der Waals surface area contributed by atoms with Gasteiger partial charge in [-0.1, -0.05) is 6.07 Å². The van der Waals surface area contributed by atoms with Crippen LogP contribution in [0.4, 0.5) is 0 Å². The second-order valence-corrected chi connectivity index (χ2v) is 4.75. The van der Waals surface area contributed by atoms with Gasteiger partial charge in [0, 0.05) is 35.9 Å². The van der Waals surface area contributed by atoms with Crippen molar-refractivity contribution in [2.45, 2.75) is 0 Å². The maximum atomic E-state index is 11.7. The summed E-state index contributed by atoms with van der Waals surface area (Å²) in [4.78, 5) is 11.7. The Kier molecular flexibility index (Phi) is 10.3. The molecule has 6 heteroatoms. The first-order chi connectivity index (χ1) is 8.24. The molecule has 1 aromatic rings. The predicted octanol–water partition coefficient (Wildman–Crippen LogP) is 1.68. The van der Waals surface area contributed by atoms with Crippen molar-refractivity contribution in [3.63, 3.8) is 0 Å². The van der Waals surface area contributed by atoms with E-state index >= 15 is 0 Å². The molecule has 1 amide bonds. The number of halogens is 2. The van der Waals surface area contributed by atoms with Crippen LogP contribution in [-0.4, -0.2) is 39.3 Å². The summed E-state index contributed by atoms with van der Waals surface area (Å²) in [6.07, 6.45) is 0. The monoisotopic (exact) mass is 384 g/mol. The van der Waals surface area contributed by atoms with Crippen molar-refractivity contribution in [1.82, 2.24) is 10.6 Å². The number of benzene rings is 1. The van der Waals surface area contributed by atoms with Gasteiger partial charge in [-0.2, -0.15) is 0 Å². The Bertz CT molecular complexity index is 364. The number of nitrogens with one attached hydrogen (secondary N) is 2. The summed E-state index contributed by atoms with van der Waals surface area (Å²) in [7, 11) is 1.67. The minimum absolute atomic E-state index is 0. The molecule has 0 saturated carbocycles. The van der Waals surface area contributed by atoms with Crippen LogP contribution in [-0.2, 0) is 4.74 Å². The number of hydrogen-bond donors (Lipinski definition) is 2. The molecule has 0 spiro atoms. The van der Waals surface area contributed by atoms with E-state index in [0.717, 1.165) is 16.7 Å². The summed E-state index contributed by atoms with van der Waals surface area (Å²) >= 11 is 2.19. The van der Waals surface area contributed by atoms with E-state index in [0.29, 0.717) is 18.7 Å². The van der Waals surface area contributed by atoms with E-state index in [2.05, 4.69) is 33.2 Å². The lowest BCUT2D eigenvalue weighted by Gasteiger charge is -2.06. The second-order valence-electron chi connectivity index (χ2n) is 3.51. The van der Waals surface area contributed by atoms with Crippen molar-refractivity contribution in [3.8, 4) is 0 Å². The minimum atomic E-state index is -0.0305. The zero-order valence-electron chi connectivity index (χ0n) is 10.2. The average molecular weight is 385 g/mol. The SMILES string of the molecule is COCCNCCNC(=O)c1cccc(I)c1.Cl. The molecule has 0 aliphatic carbocycles. The molecule has 1 aromatic carbocycles. The quantitative estimate of drug-likeness (QED) is 0.555. The van der Waals surface area contributed by atoms with Gasteiger partial charge >= 0.3 is 0 Å². The van der Waals surface area contributed by atoms with Crippen LogP contribution in [0.5, 0.6) is 0 Å². The fourth-order valence-electron chi connectivity index (χ4n) is 1.30. The Hall–Kier alpha value is -0.370. The number of carbonyl (C=O) groups excluding carboxylic acids is 1. The molecular weight excluding hydrogens is 367 g/mol. The molecule has 0 aliphatic rings. The van der Waals surface area contributed by atoms with Gasteiger partial charge in [0.2, 0.25) is 0 Å². The fourth-order valence-corrected chi connectivity index (χ4v) is 1.84. The molecule has 0 fully saturated rings. The van der Waals surface area contributed by atoms with Crippen LogP contribution in [0.25, 0.3) is 0 Å². The summed E-state index contributed by atoms with van der Waals surface area (Å²) in [6, 6.07) is 7.53. The van der Waals surface area contributed by atoms with Gasteiger partial charge in [0.05, 0.1) is 6.61 Å². The zero-order valence-corrected chi connectivity index (χ0v) is 13.2. The minimum Gasteiger partial charge on any atom is -0.383 e. The van der Waals surface area contributed by atoms with Gasteiger partial charge in [0.15, 0.2) is 0 Å². The number of methoxy groups -OCH3 is 1. The highest BCUT2D eigenvalue weighted by Gasteiger charge is 2.03. The highest BCUT2D eigenvalue weighted by Crippen LogP contribution is 2.07. The van der Waals surface area contributed by atoms with Crippen LogP contribution in [0, 0.1) is 3.57 Å². The number of hydrogen-bond acceptors (Lipinski definition) is 3. The molecule has 4 nitrogen and oxygen atoms in total. The van der Waals surface area contributed by atoms with Crippen LogP contribution in [0.1, 0.15) is 10.4 Å². The smallest absolute Gasteiger partial charge is 0.251 e. The first kappa shape index (κ1) is 17.6. The summed E-state index contributed by atoms with van der Waals surface area (Å²) in [6.45, 7) is 2.85. The molecular formula is C12H18ClIN2O2. The van der Waals surface area contributed by atoms with Crippen molar-refractivity contribution >= 4 is 40.9 Å². The van der Waals surface area contributed by atoms with Crippen LogP contribution in [0.3, 0.4) is 0 Å². The molecule has 0 saturated heterocycles. The Morgan fingerprint density at radius 3 is 2.78 bits per heavy atom. The predicted molar refractivity (Wildman–Crippen MR) is 83.5 cm³/mol. The Morgan fingerprint density at radius 2 is 2.11 bits per heavy atom. The van der Waals surface area contributed by atoms with Gasteiger partial charge in [0.1, 0.15) is 0 Å². The summed E-state index contributed by atoms with van der Waals surface area (Å²) in [5, 5.41) is 6.02. The molecule has 0 aromatic heterocycles. The van der Waals surface area contributed by atoms with E-state index in [9.17, 15) is 4.79 Å². The van der Waals surface area contributed by atoms with Crippen molar-refractivity contribution in [2.24, 2.45) is 0 Å².